The van der Waals surface area contributed by atoms with E-state index in [1.807, 2.05) is 26.8 Å². The van der Waals surface area contributed by atoms with Gasteiger partial charge in [0, 0.05) is 17.5 Å². The highest BCUT2D eigenvalue weighted by atomic mass is 19.1. The van der Waals surface area contributed by atoms with E-state index in [1.165, 1.54) is 31.4 Å². The number of halogens is 1. The minimum Gasteiger partial charge on any atom is -0.469 e. The fourth-order valence-corrected chi connectivity index (χ4v) is 6.95. The van der Waals surface area contributed by atoms with Crippen molar-refractivity contribution in [2.75, 3.05) is 13.7 Å². The van der Waals surface area contributed by atoms with Crippen LogP contribution in [0.1, 0.15) is 105 Å². The second-order valence-electron chi connectivity index (χ2n) is 17.6. The van der Waals surface area contributed by atoms with Crippen LogP contribution in [0.4, 0.5) is 4.39 Å². The number of rotatable bonds is 11. The molecule has 1 atom stereocenters. The number of nitrogens with one attached hydrogen (secondary N) is 1. The number of fused-ring (bicyclic) bond motifs is 1. The molecule has 1 aliphatic rings. The molecule has 60 heavy (non-hydrogen) atoms. The number of carbonyl (C=O) groups excluding carboxylic acids is 4. The van der Waals surface area contributed by atoms with Crippen LogP contribution >= 0.6 is 0 Å². The predicted molar refractivity (Wildman–Crippen MR) is 227 cm³/mol. The van der Waals surface area contributed by atoms with Gasteiger partial charge in [0.25, 0.3) is 5.91 Å². The summed E-state index contributed by atoms with van der Waals surface area (Å²) in [6, 6.07) is 22.8. The van der Waals surface area contributed by atoms with Crippen molar-refractivity contribution in [3.05, 3.63) is 113 Å². The Morgan fingerprint density at radius 2 is 1.38 bits per heavy atom. The molecule has 1 unspecified atom stereocenters. The summed E-state index contributed by atoms with van der Waals surface area (Å²) in [7, 11) is 0.498. The van der Waals surface area contributed by atoms with Crippen LogP contribution in [0, 0.1) is 5.82 Å². The van der Waals surface area contributed by atoms with E-state index in [2.05, 4.69) is 5.32 Å². The number of furan rings is 1. The highest BCUT2D eigenvalue weighted by molar-refractivity contribution is 6.62. The summed E-state index contributed by atoms with van der Waals surface area (Å²) in [5.41, 5.74) is 0.867. The lowest BCUT2D eigenvalue weighted by atomic mass is 9.78. The third kappa shape index (κ3) is 9.80. The summed E-state index contributed by atoms with van der Waals surface area (Å²) in [5.74, 6) is -2.21. The first-order valence-electron chi connectivity index (χ1n) is 19.8. The van der Waals surface area contributed by atoms with E-state index in [4.69, 9.17) is 27.9 Å². The molecule has 11 nitrogen and oxygen atoms in total. The Balaban J connectivity index is 1.33. The molecule has 1 fully saturated rings. The van der Waals surface area contributed by atoms with Crippen LogP contribution in [0.5, 0.6) is 0 Å². The molecule has 0 aliphatic carbocycles. The zero-order chi connectivity index (χ0) is 43.8. The molecule has 5 aromatic rings. The summed E-state index contributed by atoms with van der Waals surface area (Å²) in [4.78, 5) is 53.1. The lowest BCUT2D eigenvalue weighted by molar-refractivity contribution is -0.139. The average molecular weight is 820 g/mol. The van der Waals surface area contributed by atoms with Gasteiger partial charge in [-0.1, -0.05) is 24.3 Å². The SMILES string of the molecule is COC(=O)Cc1cc2oc(-c3ccc(F)cc3)c(C(=O)NCCC3(C)OB(c4cccc(C(=O)OC(C)(C)C)c4)OC3(C)C)c2cc1-c1cccc(C(=O)OC(C)(C)C)c1. The second kappa shape index (κ2) is 16.7. The number of esters is 3. The second-order valence-corrected chi connectivity index (χ2v) is 17.6. The number of hydrogen-bond donors (Lipinski definition) is 1. The van der Waals surface area contributed by atoms with Gasteiger partial charge >= 0.3 is 25.0 Å². The maximum Gasteiger partial charge on any atom is 0.494 e. The first kappa shape index (κ1) is 43.8. The van der Waals surface area contributed by atoms with Crippen LogP contribution in [0.15, 0.2) is 89.3 Å². The van der Waals surface area contributed by atoms with Gasteiger partial charge < -0.3 is 33.3 Å². The van der Waals surface area contributed by atoms with Crippen LogP contribution in [-0.2, 0) is 34.7 Å². The van der Waals surface area contributed by atoms with Gasteiger partial charge in [0.05, 0.1) is 41.4 Å². The largest absolute Gasteiger partial charge is 0.494 e. The van der Waals surface area contributed by atoms with E-state index in [0.717, 1.165) is 0 Å². The minimum absolute atomic E-state index is 0.130. The molecule has 13 heteroatoms. The van der Waals surface area contributed by atoms with Gasteiger partial charge in [-0.2, -0.15) is 0 Å². The molecule has 1 saturated heterocycles. The predicted octanol–water partition coefficient (Wildman–Crippen LogP) is 8.63. The summed E-state index contributed by atoms with van der Waals surface area (Å²) < 4.78 is 49.7. The van der Waals surface area contributed by atoms with Crippen molar-refractivity contribution in [3.8, 4) is 22.5 Å². The van der Waals surface area contributed by atoms with Crippen LogP contribution < -0.4 is 10.8 Å². The number of ether oxygens (including phenoxy) is 3. The van der Waals surface area contributed by atoms with Crippen molar-refractivity contribution in [2.24, 2.45) is 0 Å². The molecule has 314 valence electrons. The van der Waals surface area contributed by atoms with Gasteiger partial charge in [0.2, 0.25) is 0 Å². The van der Waals surface area contributed by atoms with Crippen LogP contribution in [0.2, 0.25) is 0 Å². The fourth-order valence-electron chi connectivity index (χ4n) is 6.95. The van der Waals surface area contributed by atoms with E-state index in [1.54, 1.807) is 96.1 Å². The first-order valence-corrected chi connectivity index (χ1v) is 19.8. The Labute approximate surface area is 350 Å². The van der Waals surface area contributed by atoms with Gasteiger partial charge in [-0.15, -0.1) is 0 Å². The maximum absolute atomic E-state index is 14.4. The van der Waals surface area contributed by atoms with E-state index >= 15 is 0 Å². The third-order valence-corrected chi connectivity index (χ3v) is 10.3. The van der Waals surface area contributed by atoms with E-state index < -0.39 is 59.2 Å². The van der Waals surface area contributed by atoms with Crippen molar-refractivity contribution in [2.45, 2.75) is 97.6 Å². The number of carbonyl (C=O) groups is 4. The number of methoxy groups -OCH3 is 1. The zero-order valence-electron chi connectivity index (χ0n) is 35.7. The molecular formula is C47H51BFNO10. The molecular weight excluding hydrogens is 768 g/mol. The Bertz CT molecular complexity index is 2440. The van der Waals surface area contributed by atoms with Crippen molar-refractivity contribution in [1.82, 2.24) is 5.32 Å². The Kier molecular flexibility index (Phi) is 12.2. The zero-order valence-corrected chi connectivity index (χ0v) is 35.7. The first-order chi connectivity index (χ1) is 28.1. The quantitative estimate of drug-likeness (QED) is 0.0783. The molecule has 1 aromatic heterocycles. The van der Waals surface area contributed by atoms with Crippen molar-refractivity contribution in [1.29, 1.82) is 0 Å². The van der Waals surface area contributed by atoms with Gasteiger partial charge in [0.15, 0.2) is 0 Å². The normalized spacial score (nSPS) is 16.4. The molecule has 1 N–H and O–H groups in total. The van der Waals surface area contributed by atoms with Crippen molar-refractivity contribution >= 4 is 47.4 Å². The topological polar surface area (TPSA) is 140 Å². The fraction of sp³-hybridized carbons (Fsp3) is 0.362. The maximum atomic E-state index is 14.4. The van der Waals surface area contributed by atoms with Gasteiger partial charge in [-0.25, -0.2) is 14.0 Å². The summed E-state index contributed by atoms with van der Waals surface area (Å²) in [6.45, 7) is 16.6. The summed E-state index contributed by atoms with van der Waals surface area (Å²) >= 11 is 0. The molecule has 1 aliphatic heterocycles. The molecule has 1 amide bonds. The number of amides is 1. The molecule has 0 spiro atoms. The molecule has 2 heterocycles. The standard InChI is InChI=1S/C47H51BFNO10/c1-44(2,3)57-42(53)30-14-11-13-29(23-30)35-27-36-37(25-32(35)26-38(51)55-10)56-40(28-17-19-34(49)20-18-28)39(36)41(52)50-22-21-47(9)46(7,8)59-48(60-47)33-16-12-15-31(24-33)43(54)58-45(4,5)6/h11-20,23-25,27H,21-22,26H2,1-10H3,(H,50,52). The smallest absolute Gasteiger partial charge is 0.469 e. The van der Waals surface area contributed by atoms with E-state index in [9.17, 15) is 23.6 Å². The van der Waals surface area contributed by atoms with Crippen molar-refractivity contribution in [3.63, 3.8) is 0 Å². The van der Waals surface area contributed by atoms with Gasteiger partial charge in [0.1, 0.15) is 28.4 Å². The Morgan fingerprint density at radius 3 is 2.00 bits per heavy atom. The van der Waals surface area contributed by atoms with E-state index in [-0.39, 0.29) is 24.3 Å². The van der Waals surface area contributed by atoms with Crippen LogP contribution in [0.3, 0.4) is 0 Å². The van der Waals surface area contributed by atoms with Crippen LogP contribution in [-0.4, -0.2) is 67.0 Å². The Morgan fingerprint density at radius 1 is 0.767 bits per heavy atom. The van der Waals surface area contributed by atoms with Crippen molar-refractivity contribution < 1.29 is 51.5 Å². The average Bonchev–Trinajstić information content (AvgIpc) is 3.66. The number of hydrogen-bond acceptors (Lipinski definition) is 10. The molecule has 4 aromatic carbocycles. The molecule has 0 saturated carbocycles. The van der Waals surface area contributed by atoms with Gasteiger partial charge in [-0.3, -0.25) is 9.59 Å². The van der Waals surface area contributed by atoms with E-state index in [0.29, 0.717) is 56.2 Å². The lowest BCUT2D eigenvalue weighted by Crippen LogP contribution is -2.47. The Hall–Kier alpha value is -5.79. The van der Waals surface area contributed by atoms with Crippen LogP contribution in [0.25, 0.3) is 33.4 Å². The molecule has 0 bridgehead atoms. The highest BCUT2D eigenvalue weighted by Gasteiger charge is 2.54. The molecule has 0 radical (unpaired) electrons. The highest BCUT2D eigenvalue weighted by Crippen LogP contribution is 2.41. The summed E-state index contributed by atoms with van der Waals surface area (Å²) in [6.07, 6.45) is 0.205. The third-order valence-electron chi connectivity index (χ3n) is 10.3. The lowest BCUT2D eigenvalue weighted by Gasteiger charge is -2.36. The monoisotopic (exact) mass is 819 g/mol. The van der Waals surface area contributed by atoms with Gasteiger partial charge in [-0.05, 0) is 152 Å². The summed E-state index contributed by atoms with van der Waals surface area (Å²) in [5, 5.41) is 3.47. The molecule has 6 rings (SSSR count). The number of benzene rings is 4. The minimum atomic E-state index is -0.889.